The van der Waals surface area contributed by atoms with Gasteiger partial charge in [-0.05, 0) is 38.1 Å². The van der Waals surface area contributed by atoms with Crippen LogP contribution < -0.4 is 14.8 Å². The van der Waals surface area contributed by atoms with Crippen molar-refractivity contribution >= 4 is 0 Å². The summed E-state index contributed by atoms with van der Waals surface area (Å²) < 4.78 is 9.57. The lowest BCUT2D eigenvalue weighted by Crippen LogP contribution is -2.37. The van der Waals surface area contributed by atoms with E-state index in [0.717, 1.165) is 12.0 Å². The van der Waals surface area contributed by atoms with E-state index in [4.69, 9.17) is 19.7 Å². The minimum Gasteiger partial charge on any atom is -0.403 e. The number of ether oxygens (including phenoxy) is 2. The summed E-state index contributed by atoms with van der Waals surface area (Å²) in [5.74, 6) is 0.691. The van der Waals surface area contributed by atoms with Gasteiger partial charge in [0, 0.05) is 6.04 Å². The predicted octanol–water partition coefficient (Wildman–Crippen LogP) is 0.204. The molecule has 0 spiro atoms. The van der Waals surface area contributed by atoms with Crippen LogP contribution >= 0.6 is 0 Å². The molecule has 0 saturated heterocycles. The van der Waals surface area contributed by atoms with Crippen molar-refractivity contribution in [2.24, 2.45) is 0 Å². The molecule has 3 N–H and O–H groups in total. The van der Waals surface area contributed by atoms with Crippen LogP contribution in [0.1, 0.15) is 12.5 Å². The third-order valence-electron chi connectivity index (χ3n) is 2.53. The van der Waals surface area contributed by atoms with Crippen LogP contribution in [0.15, 0.2) is 18.2 Å². The fourth-order valence-electron chi connectivity index (χ4n) is 1.61. The van der Waals surface area contributed by atoms with Gasteiger partial charge in [0.05, 0.1) is 0 Å². The van der Waals surface area contributed by atoms with E-state index in [1.165, 1.54) is 0 Å². The number of rotatable bonds is 3. The first-order chi connectivity index (χ1) is 7.50. The lowest BCUT2D eigenvalue weighted by Gasteiger charge is -2.11. The Balaban J connectivity index is 2.16. The van der Waals surface area contributed by atoms with E-state index < -0.39 is 6.16 Å². The summed E-state index contributed by atoms with van der Waals surface area (Å²) >= 11 is 0. The number of aliphatic hydroxyl groups is 2. The molecule has 1 aliphatic rings. The smallest absolute Gasteiger partial charge is 0.403 e. The largest absolute Gasteiger partial charge is 0.505 e. The molecule has 0 aromatic heterocycles. The highest BCUT2D eigenvalue weighted by molar-refractivity contribution is 5.45. The highest BCUT2D eigenvalue weighted by atomic mass is 17.0. The molecule has 16 heavy (non-hydrogen) atoms. The van der Waals surface area contributed by atoms with Gasteiger partial charge in [0.25, 0.3) is 0 Å². The molecule has 1 unspecified atom stereocenters. The number of hydrogen-bond donors (Lipinski definition) is 3. The highest BCUT2D eigenvalue weighted by Gasteiger charge is 2.38. The lowest BCUT2D eigenvalue weighted by atomic mass is 10.1. The van der Waals surface area contributed by atoms with Crippen LogP contribution in [0.2, 0.25) is 0 Å². The second kappa shape index (κ2) is 3.93. The van der Waals surface area contributed by atoms with Crippen molar-refractivity contribution in [1.82, 2.24) is 5.32 Å². The van der Waals surface area contributed by atoms with E-state index >= 15 is 0 Å². The minimum atomic E-state index is -2.53. The van der Waals surface area contributed by atoms with Gasteiger partial charge in [-0.2, -0.15) is 0 Å². The Labute approximate surface area is 93.6 Å². The Hall–Kier alpha value is -1.30. The Morgan fingerprint density at radius 1 is 1.31 bits per heavy atom. The second-order valence-electron chi connectivity index (χ2n) is 3.93. The maximum Gasteiger partial charge on any atom is 0.505 e. The van der Waals surface area contributed by atoms with Crippen molar-refractivity contribution in [1.29, 1.82) is 0 Å². The minimum absolute atomic E-state index is 0.339. The number of likely N-dealkylation sites (N-methyl/N-ethyl adjacent to an activating group) is 1. The first-order valence-electron chi connectivity index (χ1n) is 5.13. The monoisotopic (exact) mass is 225 g/mol. The number of benzene rings is 1. The summed E-state index contributed by atoms with van der Waals surface area (Å²) in [5, 5.41) is 21.4. The van der Waals surface area contributed by atoms with Gasteiger partial charge in [0.1, 0.15) is 0 Å². The first kappa shape index (κ1) is 11.2. The van der Waals surface area contributed by atoms with Crippen LogP contribution in [-0.2, 0) is 6.42 Å². The Morgan fingerprint density at radius 2 is 2.00 bits per heavy atom. The molecule has 0 fully saturated rings. The molecule has 0 aliphatic carbocycles. The molecule has 88 valence electrons. The fourth-order valence-corrected chi connectivity index (χ4v) is 1.61. The topological polar surface area (TPSA) is 71.0 Å². The van der Waals surface area contributed by atoms with Gasteiger partial charge in [0.15, 0.2) is 11.5 Å². The molecule has 0 bridgehead atoms. The summed E-state index contributed by atoms with van der Waals surface area (Å²) in [6, 6.07) is 5.63. The molecule has 0 saturated carbocycles. The van der Waals surface area contributed by atoms with Gasteiger partial charge < -0.3 is 14.8 Å². The number of fused-ring (bicyclic) bond motifs is 1. The molecule has 1 aliphatic heterocycles. The molecule has 0 radical (unpaired) electrons. The van der Waals surface area contributed by atoms with E-state index in [2.05, 4.69) is 12.2 Å². The molecule has 2 rings (SSSR count). The lowest BCUT2D eigenvalue weighted by molar-refractivity contribution is -0.385. The van der Waals surface area contributed by atoms with Crippen LogP contribution in [-0.4, -0.2) is 29.5 Å². The highest BCUT2D eigenvalue weighted by Crippen LogP contribution is 2.37. The molecule has 1 aromatic rings. The van der Waals surface area contributed by atoms with Crippen LogP contribution in [0, 0.1) is 0 Å². The average Bonchev–Trinajstić information content (AvgIpc) is 2.51. The molecule has 1 atom stereocenters. The fraction of sp³-hybridized carbons (Fsp3) is 0.455. The zero-order valence-electron chi connectivity index (χ0n) is 9.23. The van der Waals surface area contributed by atoms with Gasteiger partial charge in [-0.25, -0.2) is 0 Å². The van der Waals surface area contributed by atoms with Crippen molar-refractivity contribution in [3.63, 3.8) is 0 Å². The van der Waals surface area contributed by atoms with Crippen molar-refractivity contribution in [3.8, 4) is 11.5 Å². The Kier molecular flexibility index (Phi) is 2.75. The SMILES string of the molecule is CNC(C)Cc1ccc2c(c1)OC(O)(O)O2. The summed E-state index contributed by atoms with van der Waals surface area (Å²) in [6.07, 6.45) is -1.70. The summed E-state index contributed by atoms with van der Waals surface area (Å²) in [5.41, 5.74) is 1.04. The molecule has 1 aromatic carbocycles. The van der Waals surface area contributed by atoms with Crippen LogP contribution in [0.5, 0.6) is 11.5 Å². The number of nitrogens with one attached hydrogen (secondary N) is 1. The van der Waals surface area contributed by atoms with E-state index in [9.17, 15) is 0 Å². The van der Waals surface area contributed by atoms with Gasteiger partial charge in [-0.3, -0.25) is 10.2 Å². The van der Waals surface area contributed by atoms with E-state index in [1.807, 2.05) is 13.1 Å². The molecule has 5 heteroatoms. The number of hydrogen-bond acceptors (Lipinski definition) is 5. The maximum atomic E-state index is 9.13. The molecular weight excluding hydrogens is 210 g/mol. The maximum absolute atomic E-state index is 9.13. The van der Waals surface area contributed by atoms with E-state index in [1.54, 1.807) is 12.1 Å². The summed E-state index contributed by atoms with van der Waals surface area (Å²) in [7, 11) is 1.89. The molecule has 0 amide bonds. The van der Waals surface area contributed by atoms with Crippen LogP contribution in [0.25, 0.3) is 0 Å². The average molecular weight is 225 g/mol. The van der Waals surface area contributed by atoms with Gasteiger partial charge in [-0.15, -0.1) is 0 Å². The molecular formula is C11H15NO4. The second-order valence-corrected chi connectivity index (χ2v) is 3.93. The summed E-state index contributed by atoms with van der Waals surface area (Å²) in [4.78, 5) is 0. The van der Waals surface area contributed by atoms with Crippen molar-refractivity contribution in [3.05, 3.63) is 23.8 Å². The zero-order chi connectivity index (χ0) is 11.8. The van der Waals surface area contributed by atoms with Crippen LogP contribution in [0.4, 0.5) is 0 Å². The van der Waals surface area contributed by atoms with E-state index in [-0.39, 0.29) is 0 Å². The summed E-state index contributed by atoms with van der Waals surface area (Å²) in [6.45, 7) is 2.06. The molecule has 5 nitrogen and oxygen atoms in total. The predicted molar refractivity (Wildman–Crippen MR) is 57.1 cm³/mol. The Morgan fingerprint density at radius 3 is 2.69 bits per heavy atom. The standard InChI is InChI=1S/C11H15NO4/c1-7(12-2)5-8-3-4-9-10(6-8)16-11(13,14)15-9/h3-4,6-7,12-14H,5H2,1-2H3. The van der Waals surface area contributed by atoms with Gasteiger partial charge >= 0.3 is 6.16 Å². The van der Waals surface area contributed by atoms with Crippen LogP contribution in [0.3, 0.4) is 0 Å². The van der Waals surface area contributed by atoms with Gasteiger partial charge in [-0.1, -0.05) is 6.07 Å². The Bertz CT molecular complexity index is 392. The third-order valence-corrected chi connectivity index (χ3v) is 2.53. The first-order valence-corrected chi connectivity index (χ1v) is 5.13. The van der Waals surface area contributed by atoms with Crippen molar-refractivity contribution in [2.45, 2.75) is 25.5 Å². The van der Waals surface area contributed by atoms with E-state index in [0.29, 0.717) is 17.5 Å². The van der Waals surface area contributed by atoms with Crippen molar-refractivity contribution < 1.29 is 19.7 Å². The quantitative estimate of drug-likeness (QED) is 0.641. The molecule has 1 heterocycles. The van der Waals surface area contributed by atoms with Gasteiger partial charge in [0.2, 0.25) is 0 Å². The third kappa shape index (κ3) is 2.27. The zero-order valence-corrected chi connectivity index (χ0v) is 9.23. The normalized spacial score (nSPS) is 18.5. The van der Waals surface area contributed by atoms with Crippen molar-refractivity contribution in [2.75, 3.05) is 7.05 Å².